The van der Waals surface area contributed by atoms with Crippen LogP contribution in [0.3, 0.4) is 0 Å². The first-order valence-electron chi connectivity index (χ1n) is 11.4. The third kappa shape index (κ3) is 4.59. The van der Waals surface area contributed by atoms with Crippen molar-refractivity contribution in [3.63, 3.8) is 0 Å². The van der Waals surface area contributed by atoms with Crippen molar-refractivity contribution in [3.05, 3.63) is 53.0 Å². The van der Waals surface area contributed by atoms with Gasteiger partial charge in [0.1, 0.15) is 11.8 Å². The highest BCUT2D eigenvalue weighted by Crippen LogP contribution is 2.46. The van der Waals surface area contributed by atoms with Crippen LogP contribution in [0.15, 0.2) is 34.9 Å². The number of nitriles is 1. The van der Waals surface area contributed by atoms with Gasteiger partial charge in [-0.15, -0.1) is 0 Å². The number of hydrogen-bond acceptors (Lipinski definition) is 5. The fourth-order valence-electron chi connectivity index (χ4n) is 5.21. The Morgan fingerprint density at radius 2 is 1.89 bits per heavy atom. The number of aryl methyl sites for hydroxylation is 1. The second kappa shape index (κ2) is 8.95. The highest BCUT2D eigenvalue weighted by molar-refractivity contribution is 5.95. The smallest absolute Gasteiger partial charge is 0.417 e. The summed E-state index contributed by atoms with van der Waals surface area (Å²) in [5.41, 5.74) is -0.990. The molecule has 1 unspecified atom stereocenters. The minimum atomic E-state index is -4.68. The summed E-state index contributed by atoms with van der Waals surface area (Å²) in [6, 6.07) is 6.22. The standard InChI is InChI=1S/C25H27F3N4O3/c1-16-19(6-11-35-16)22(33)31-9-7-24(8-10-31)13-21(23(34)30(2)3)32(15-24)18-5-4-17(14-29)20(12-18)25(26,27)28/h4-6,11-12,21H,7-10,13,15H2,1-3H3. The summed E-state index contributed by atoms with van der Waals surface area (Å²) in [5.74, 6) is 0.261. The van der Waals surface area contributed by atoms with E-state index in [1.165, 1.54) is 17.2 Å². The third-order valence-electron chi connectivity index (χ3n) is 7.20. The fourth-order valence-corrected chi connectivity index (χ4v) is 5.21. The molecule has 0 radical (unpaired) electrons. The maximum atomic E-state index is 13.6. The van der Waals surface area contributed by atoms with Crippen molar-refractivity contribution in [2.75, 3.05) is 38.6 Å². The summed E-state index contributed by atoms with van der Waals surface area (Å²) in [5, 5.41) is 9.14. The molecule has 10 heteroatoms. The third-order valence-corrected chi connectivity index (χ3v) is 7.20. The molecule has 1 spiro atoms. The zero-order valence-electron chi connectivity index (χ0n) is 19.9. The number of likely N-dealkylation sites (tertiary alicyclic amines) is 1. The van der Waals surface area contributed by atoms with Crippen LogP contribution in [0.25, 0.3) is 0 Å². The summed E-state index contributed by atoms with van der Waals surface area (Å²) < 4.78 is 46.1. The Bertz CT molecular complexity index is 1170. The Morgan fingerprint density at radius 1 is 1.20 bits per heavy atom. The van der Waals surface area contributed by atoms with E-state index in [2.05, 4.69) is 0 Å². The molecule has 0 aliphatic carbocycles. The Kier molecular flexibility index (Phi) is 6.30. The van der Waals surface area contributed by atoms with Gasteiger partial charge < -0.3 is 19.1 Å². The number of nitrogens with zero attached hydrogens (tertiary/aromatic N) is 4. The van der Waals surface area contributed by atoms with Crippen LogP contribution in [-0.4, -0.2) is 61.4 Å². The molecule has 1 aromatic carbocycles. The molecular formula is C25H27F3N4O3. The zero-order chi connectivity index (χ0) is 25.5. The van der Waals surface area contributed by atoms with Crippen LogP contribution in [-0.2, 0) is 11.0 Å². The van der Waals surface area contributed by atoms with E-state index in [1.807, 2.05) is 0 Å². The second-order valence-corrected chi connectivity index (χ2v) is 9.60. The van der Waals surface area contributed by atoms with Gasteiger partial charge in [-0.2, -0.15) is 18.4 Å². The number of alkyl halides is 3. The lowest BCUT2D eigenvalue weighted by Gasteiger charge is -2.39. The maximum absolute atomic E-state index is 13.6. The van der Waals surface area contributed by atoms with Crippen LogP contribution < -0.4 is 4.90 Å². The number of piperidine rings is 1. The predicted octanol–water partition coefficient (Wildman–Crippen LogP) is 4.07. The van der Waals surface area contributed by atoms with Gasteiger partial charge in [-0.1, -0.05) is 0 Å². The number of halogens is 3. The number of carbonyl (C=O) groups is 2. The number of furan rings is 1. The molecular weight excluding hydrogens is 461 g/mol. The van der Waals surface area contributed by atoms with Crippen LogP contribution in [0, 0.1) is 23.7 Å². The minimum absolute atomic E-state index is 0.108. The van der Waals surface area contributed by atoms with Gasteiger partial charge in [0.2, 0.25) is 5.91 Å². The van der Waals surface area contributed by atoms with E-state index in [-0.39, 0.29) is 22.9 Å². The molecule has 0 bridgehead atoms. The summed E-state index contributed by atoms with van der Waals surface area (Å²) in [7, 11) is 3.25. The van der Waals surface area contributed by atoms with Crippen LogP contribution in [0.4, 0.5) is 18.9 Å². The molecule has 3 heterocycles. The normalized spacial score (nSPS) is 19.6. The van der Waals surface area contributed by atoms with Crippen molar-refractivity contribution >= 4 is 17.5 Å². The lowest BCUT2D eigenvalue weighted by atomic mass is 9.76. The van der Waals surface area contributed by atoms with Gasteiger partial charge in [0.15, 0.2) is 0 Å². The fraction of sp³-hybridized carbons (Fsp3) is 0.480. The molecule has 0 N–H and O–H groups in total. The molecule has 2 aliphatic rings. The molecule has 186 valence electrons. The molecule has 2 fully saturated rings. The lowest BCUT2D eigenvalue weighted by molar-refractivity contribution is -0.137. The van der Waals surface area contributed by atoms with Gasteiger partial charge in [-0.25, -0.2) is 0 Å². The molecule has 1 aromatic heterocycles. The van der Waals surface area contributed by atoms with Gasteiger partial charge in [0.25, 0.3) is 5.91 Å². The average Bonchev–Trinajstić information content (AvgIpc) is 3.41. The number of carbonyl (C=O) groups excluding carboxylic acids is 2. The summed E-state index contributed by atoms with van der Waals surface area (Å²) in [6.07, 6.45) is -1.46. The molecule has 2 amide bonds. The molecule has 7 nitrogen and oxygen atoms in total. The quantitative estimate of drug-likeness (QED) is 0.651. The highest BCUT2D eigenvalue weighted by Gasteiger charge is 2.49. The number of amides is 2. The second-order valence-electron chi connectivity index (χ2n) is 9.60. The van der Waals surface area contributed by atoms with Crippen LogP contribution >= 0.6 is 0 Å². The Balaban J connectivity index is 1.60. The topological polar surface area (TPSA) is 80.8 Å². The molecule has 2 aromatic rings. The number of hydrogen-bond donors (Lipinski definition) is 0. The van der Waals surface area contributed by atoms with Gasteiger partial charge in [-0.3, -0.25) is 9.59 Å². The van der Waals surface area contributed by atoms with Gasteiger partial charge in [0, 0.05) is 39.4 Å². The van der Waals surface area contributed by atoms with E-state index in [4.69, 9.17) is 9.68 Å². The summed E-state index contributed by atoms with van der Waals surface area (Å²) in [6.45, 7) is 3.10. The molecule has 2 saturated heterocycles. The molecule has 1 atom stereocenters. The Morgan fingerprint density at radius 3 is 2.43 bits per heavy atom. The number of rotatable bonds is 3. The molecule has 35 heavy (non-hydrogen) atoms. The molecule has 4 rings (SSSR count). The first-order chi connectivity index (χ1) is 16.5. The van der Waals surface area contributed by atoms with E-state index in [0.29, 0.717) is 50.2 Å². The van der Waals surface area contributed by atoms with E-state index < -0.39 is 23.3 Å². The SMILES string of the molecule is Cc1occc1C(=O)N1CCC2(CC1)CC(C(=O)N(C)C)N(c1ccc(C#N)c(C(F)(F)F)c1)C2. The minimum Gasteiger partial charge on any atom is -0.469 e. The van der Waals surface area contributed by atoms with Gasteiger partial charge in [0.05, 0.1) is 29.0 Å². The first kappa shape index (κ1) is 24.6. The highest BCUT2D eigenvalue weighted by atomic mass is 19.4. The van der Waals surface area contributed by atoms with Crippen molar-refractivity contribution < 1.29 is 27.2 Å². The maximum Gasteiger partial charge on any atom is 0.417 e. The van der Waals surface area contributed by atoms with E-state index in [9.17, 15) is 22.8 Å². The zero-order valence-corrected chi connectivity index (χ0v) is 19.9. The van der Waals surface area contributed by atoms with Crippen molar-refractivity contribution in [1.82, 2.24) is 9.80 Å². The largest absolute Gasteiger partial charge is 0.469 e. The number of likely N-dealkylation sites (N-methyl/N-ethyl adjacent to an activating group) is 1. The Hall–Kier alpha value is -3.48. The van der Waals surface area contributed by atoms with Gasteiger partial charge in [-0.05, 0) is 55.9 Å². The molecule has 0 saturated carbocycles. The number of benzene rings is 1. The average molecular weight is 489 g/mol. The number of anilines is 1. The van der Waals surface area contributed by atoms with Crippen molar-refractivity contribution in [3.8, 4) is 6.07 Å². The molecule has 2 aliphatic heterocycles. The van der Waals surface area contributed by atoms with Crippen molar-refractivity contribution in [2.45, 2.75) is 38.4 Å². The van der Waals surface area contributed by atoms with Crippen molar-refractivity contribution in [2.24, 2.45) is 5.41 Å². The van der Waals surface area contributed by atoms with Gasteiger partial charge >= 0.3 is 6.18 Å². The first-order valence-corrected chi connectivity index (χ1v) is 11.4. The van der Waals surface area contributed by atoms with Crippen molar-refractivity contribution in [1.29, 1.82) is 5.26 Å². The monoisotopic (exact) mass is 488 g/mol. The van der Waals surface area contributed by atoms with Crippen LogP contribution in [0.5, 0.6) is 0 Å². The van der Waals surface area contributed by atoms with E-state index in [1.54, 1.807) is 43.0 Å². The Labute approximate surface area is 201 Å². The van der Waals surface area contributed by atoms with E-state index in [0.717, 1.165) is 12.1 Å². The predicted molar refractivity (Wildman–Crippen MR) is 122 cm³/mol. The summed E-state index contributed by atoms with van der Waals surface area (Å²) >= 11 is 0. The lowest BCUT2D eigenvalue weighted by Crippen LogP contribution is -2.44. The van der Waals surface area contributed by atoms with E-state index >= 15 is 0 Å². The van der Waals surface area contributed by atoms with Crippen LogP contribution in [0.2, 0.25) is 0 Å². The van der Waals surface area contributed by atoms with Crippen LogP contribution in [0.1, 0.15) is 46.5 Å². The summed E-state index contributed by atoms with van der Waals surface area (Å²) in [4.78, 5) is 30.9.